The number of ether oxygens (including phenoxy) is 1. The molecule has 1 fully saturated rings. The number of aryl methyl sites for hydroxylation is 2. The molecule has 2 aromatic rings. The molecule has 6 nitrogen and oxygen atoms in total. The fraction of sp³-hybridized carbons (Fsp3) is 0.474. The molecule has 146 valence electrons. The number of nitrogens with one attached hydrogen (secondary N) is 2. The molecule has 2 heterocycles. The molecule has 1 aliphatic rings. The van der Waals surface area contributed by atoms with Crippen LogP contribution in [0, 0.1) is 19.7 Å². The highest BCUT2D eigenvalue weighted by molar-refractivity contribution is 7.11. The molecule has 2 N–H and O–H groups in total. The van der Waals surface area contributed by atoms with E-state index in [1.54, 1.807) is 17.4 Å². The summed E-state index contributed by atoms with van der Waals surface area (Å²) in [5.41, 5.74) is 1.48. The molecule has 1 aromatic heterocycles. The zero-order chi connectivity index (χ0) is 19.6. The van der Waals surface area contributed by atoms with E-state index < -0.39 is 11.6 Å². The van der Waals surface area contributed by atoms with Crippen LogP contribution in [0.1, 0.15) is 29.4 Å². The monoisotopic (exact) mass is 392 g/mol. The lowest BCUT2D eigenvalue weighted by atomic mass is 10.1. The van der Waals surface area contributed by atoms with E-state index in [9.17, 15) is 9.18 Å². The quantitative estimate of drug-likeness (QED) is 0.831. The number of hydrogen-bond acceptors (Lipinski definition) is 5. The Bertz CT molecular complexity index is 812. The number of carbonyl (C=O) groups is 1. The molecular formula is C19H25FN4O2S. The second-order valence-electron chi connectivity index (χ2n) is 7.16. The summed E-state index contributed by atoms with van der Waals surface area (Å²) in [5.74, 6) is -0.389. The molecule has 3 rings (SSSR count). The third-order valence-electron chi connectivity index (χ3n) is 4.51. The van der Waals surface area contributed by atoms with Crippen molar-refractivity contribution in [3.05, 3.63) is 39.6 Å². The fourth-order valence-corrected chi connectivity index (χ4v) is 3.86. The van der Waals surface area contributed by atoms with Crippen molar-refractivity contribution < 1.29 is 13.9 Å². The van der Waals surface area contributed by atoms with Gasteiger partial charge in [-0.25, -0.2) is 14.2 Å². The van der Waals surface area contributed by atoms with Gasteiger partial charge in [-0.1, -0.05) is 0 Å². The number of benzene rings is 1. The number of amides is 2. The van der Waals surface area contributed by atoms with Crippen molar-refractivity contribution in [2.75, 3.05) is 36.5 Å². The summed E-state index contributed by atoms with van der Waals surface area (Å²) in [6.07, 6.45) is 0. The van der Waals surface area contributed by atoms with E-state index in [-0.39, 0.29) is 5.82 Å². The smallest absolute Gasteiger partial charge is 0.319 e. The Morgan fingerprint density at radius 1 is 1.26 bits per heavy atom. The van der Waals surface area contributed by atoms with E-state index in [1.807, 2.05) is 32.6 Å². The van der Waals surface area contributed by atoms with Gasteiger partial charge in [-0.3, -0.25) is 0 Å². The van der Waals surface area contributed by atoms with Crippen LogP contribution < -0.4 is 15.5 Å². The first kappa shape index (κ1) is 19.6. The minimum absolute atomic E-state index is 0.389. The summed E-state index contributed by atoms with van der Waals surface area (Å²) in [7, 11) is 0. The van der Waals surface area contributed by atoms with Crippen molar-refractivity contribution in [3.8, 4) is 0 Å². The highest BCUT2D eigenvalue weighted by Gasteiger charge is 2.27. The van der Waals surface area contributed by atoms with Crippen molar-refractivity contribution in [2.45, 2.75) is 33.2 Å². The van der Waals surface area contributed by atoms with Gasteiger partial charge in [-0.15, -0.1) is 11.3 Å². The van der Waals surface area contributed by atoms with Crippen LogP contribution in [0.2, 0.25) is 0 Å². The Hall–Kier alpha value is -2.19. The van der Waals surface area contributed by atoms with Gasteiger partial charge in [0.1, 0.15) is 10.8 Å². The SMILES string of the molecule is Cc1nc(C(C)(C)NC(=O)Nc2cc(F)cc(N3CCOCC3)c2)sc1C. The molecule has 1 aromatic carbocycles. The zero-order valence-electron chi connectivity index (χ0n) is 16.1. The molecule has 27 heavy (non-hydrogen) atoms. The predicted molar refractivity (Wildman–Crippen MR) is 106 cm³/mol. The van der Waals surface area contributed by atoms with Gasteiger partial charge in [0, 0.05) is 29.3 Å². The van der Waals surface area contributed by atoms with Gasteiger partial charge in [-0.2, -0.15) is 0 Å². The number of halogens is 1. The first-order chi connectivity index (χ1) is 12.7. The number of hydrogen-bond donors (Lipinski definition) is 2. The normalized spacial score (nSPS) is 14.9. The number of rotatable bonds is 4. The number of nitrogens with zero attached hydrogens (tertiary/aromatic N) is 2. The summed E-state index contributed by atoms with van der Waals surface area (Å²) in [5, 5.41) is 6.49. The van der Waals surface area contributed by atoms with Crippen molar-refractivity contribution in [1.29, 1.82) is 0 Å². The second kappa shape index (κ2) is 7.82. The molecule has 0 unspecified atom stereocenters. The minimum atomic E-state index is -0.631. The van der Waals surface area contributed by atoms with Crippen LogP contribution >= 0.6 is 11.3 Å². The number of carbonyl (C=O) groups excluding carboxylic acids is 1. The number of thiazole rings is 1. The number of morpholine rings is 1. The lowest BCUT2D eigenvalue weighted by Crippen LogP contribution is -2.43. The summed E-state index contributed by atoms with van der Waals surface area (Å²) in [6, 6.07) is 4.16. The highest BCUT2D eigenvalue weighted by atomic mass is 32.1. The van der Waals surface area contributed by atoms with Gasteiger partial charge < -0.3 is 20.3 Å². The lowest BCUT2D eigenvalue weighted by molar-refractivity contribution is 0.122. The third-order valence-corrected chi connectivity index (χ3v) is 5.90. The van der Waals surface area contributed by atoms with Crippen LogP contribution in [0.5, 0.6) is 0 Å². The number of anilines is 2. The van der Waals surface area contributed by atoms with Gasteiger partial charge in [0.2, 0.25) is 0 Å². The second-order valence-corrected chi connectivity index (χ2v) is 8.37. The van der Waals surface area contributed by atoms with Crippen LogP contribution in [-0.2, 0) is 10.3 Å². The predicted octanol–water partition coefficient (Wildman–Crippen LogP) is 3.79. The molecular weight excluding hydrogens is 367 g/mol. The van der Waals surface area contributed by atoms with E-state index in [0.717, 1.165) is 21.3 Å². The Morgan fingerprint density at radius 2 is 1.96 bits per heavy atom. The van der Waals surface area contributed by atoms with Gasteiger partial charge in [0.05, 0.1) is 24.4 Å². The van der Waals surface area contributed by atoms with Gasteiger partial charge >= 0.3 is 6.03 Å². The Morgan fingerprint density at radius 3 is 2.59 bits per heavy atom. The topological polar surface area (TPSA) is 66.5 Å². The number of aromatic nitrogens is 1. The maximum absolute atomic E-state index is 14.0. The van der Waals surface area contributed by atoms with Crippen molar-refractivity contribution in [2.24, 2.45) is 0 Å². The van der Waals surface area contributed by atoms with Crippen molar-refractivity contribution in [3.63, 3.8) is 0 Å². The average molecular weight is 393 g/mol. The average Bonchev–Trinajstić information content (AvgIpc) is 2.94. The van der Waals surface area contributed by atoms with Crippen LogP contribution in [0.3, 0.4) is 0 Å². The van der Waals surface area contributed by atoms with E-state index in [4.69, 9.17) is 4.74 Å². The van der Waals surface area contributed by atoms with Crippen molar-refractivity contribution >= 4 is 28.7 Å². The van der Waals surface area contributed by atoms with Gasteiger partial charge in [-0.05, 0) is 45.9 Å². The standard InChI is InChI=1S/C19H25FN4O2S/c1-12-13(2)27-17(21-12)19(3,4)23-18(25)22-15-9-14(20)10-16(11-15)24-5-7-26-8-6-24/h9-11H,5-8H2,1-4H3,(H2,22,23,25). The molecule has 1 aliphatic heterocycles. The minimum Gasteiger partial charge on any atom is -0.378 e. The molecule has 0 bridgehead atoms. The number of urea groups is 1. The van der Waals surface area contributed by atoms with Crippen LogP contribution in [-0.4, -0.2) is 37.3 Å². The van der Waals surface area contributed by atoms with E-state index >= 15 is 0 Å². The third kappa shape index (κ3) is 4.75. The maximum atomic E-state index is 14.0. The summed E-state index contributed by atoms with van der Waals surface area (Å²) < 4.78 is 19.4. The van der Waals surface area contributed by atoms with Crippen LogP contribution in [0.25, 0.3) is 0 Å². The molecule has 2 amide bonds. The highest BCUT2D eigenvalue weighted by Crippen LogP contribution is 2.28. The lowest BCUT2D eigenvalue weighted by Gasteiger charge is -2.29. The molecule has 0 spiro atoms. The Kier molecular flexibility index (Phi) is 5.67. The molecule has 0 saturated carbocycles. The maximum Gasteiger partial charge on any atom is 0.319 e. The van der Waals surface area contributed by atoms with E-state index in [0.29, 0.717) is 32.0 Å². The Balaban J connectivity index is 1.70. The molecule has 8 heteroatoms. The molecule has 1 saturated heterocycles. The molecule has 0 atom stereocenters. The van der Waals surface area contributed by atoms with Crippen LogP contribution in [0.15, 0.2) is 18.2 Å². The van der Waals surface area contributed by atoms with Gasteiger partial charge in [0.25, 0.3) is 0 Å². The van der Waals surface area contributed by atoms with E-state index in [2.05, 4.69) is 15.6 Å². The molecule has 0 radical (unpaired) electrons. The fourth-order valence-electron chi connectivity index (χ4n) is 2.89. The summed E-state index contributed by atoms with van der Waals surface area (Å²) in [4.78, 5) is 20.2. The van der Waals surface area contributed by atoms with Crippen LogP contribution in [0.4, 0.5) is 20.6 Å². The first-order valence-electron chi connectivity index (χ1n) is 8.91. The molecule has 0 aliphatic carbocycles. The first-order valence-corrected chi connectivity index (χ1v) is 9.73. The summed E-state index contributed by atoms with van der Waals surface area (Å²) in [6.45, 7) is 10.4. The summed E-state index contributed by atoms with van der Waals surface area (Å²) >= 11 is 1.56. The Labute approximate surface area is 162 Å². The largest absolute Gasteiger partial charge is 0.378 e. The van der Waals surface area contributed by atoms with Crippen molar-refractivity contribution in [1.82, 2.24) is 10.3 Å². The zero-order valence-corrected chi connectivity index (χ0v) is 16.9. The van der Waals surface area contributed by atoms with Gasteiger partial charge in [0.15, 0.2) is 0 Å². The van der Waals surface area contributed by atoms with E-state index in [1.165, 1.54) is 12.1 Å².